The van der Waals surface area contributed by atoms with Gasteiger partial charge in [0.2, 0.25) is 10.0 Å². The fourth-order valence-corrected chi connectivity index (χ4v) is 4.15. The molecule has 0 aliphatic carbocycles. The molecular formula is C20H24FNO3S. The lowest BCUT2D eigenvalue weighted by molar-refractivity contribution is 0.101. The highest BCUT2D eigenvalue weighted by Crippen LogP contribution is 2.21. The first-order valence-corrected chi connectivity index (χ1v) is 10.1. The second kappa shape index (κ2) is 9.05. The summed E-state index contributed by atoms with van der Waals surface area (Å²) in [7, 11) is -3.76. The molecule has 2 aromatic rings. The van der Waals surface area contributed by atoms with Crippen molar-refractivity contribution in [1.29, 1.82) is 0 Å². The van der Waals surface area contributed by atoms with Crippen molar-refractivity contribution in [1.82, 2.24) is 4.31 Å². The van der Waals surface area contributed by atoms with Crippen molar-refractivity contribution in [2.45, 2.75) is 44.6 Å². The van der Waals surface area contributed by atoms with Gasteiger partial charge in [0.15, 0.2) is 5.78 Å². The molecule has 0 atom stereocenters. The van der Waals surface area contributed by atoms with Crippen molar-refractivity contribution in [3.8, 4) is 0 Å². The molecule has 0 fully saturated rings. The predicted molar refractivity (Wildman–Crippen MR) is 100.0 cm³/mol. The topological polar surface area (TPSA) is 54.5 Å². The summed E-state index contributed by atoms with van der Waals surface area (Å²) >= 11 is 0. The molecule has 0 spiro atoms. The monoisotopic (exact) mass is 377 g/mol. The molecule has 0 bridgehead atoms. The highest BCUT2D eigenvalue weighted by atomic mass is 32.2. The number of Topliss-reactive ketones (excluding diaryl/α,β-unsaturated/α-hetero) is 1. The minimum Gasteiger partial charge on any atom is -0.295 e. The van der Waals surface area contributed by atoms with E-state index in [1.807, 2.05) is 0 Å². The van der Waals surface area contributed by atoms with Gasteiger partial charge in [-0.1, -0.05) is 44.0 Å². The molecule has 0 radical (unpaired) electrons. The molecule has 2 rings (SSSR count). The molecule has 0 amide bonds. The van der Waals surface area contributed by atoms with Gasteiger partial charge in [-0.25, -0.2) is 12.8 Å². The number of rotatable bonds is 9. The standard InChI is InChI=1S/C20H24FNO3S/c1-3-4-5-13-22(15-17-9-11-19(21)12-10-17)26(24,25)20-8-6-7-18(14-20)16(2)23/h6-12,14H,3-5,13,15H2,1-2H3. The van der Waals surface area contributed by atoms with Gasteiger partial charge >= 0.3 is 0 Å². The minimum atomic E-state index is -3.76. The summed E-state index contributed by atoms with van der Waals surface area (Å²) in [6, 6.07) is 11.9. The van der Waals surface area contributed by atoms with Gasteiger partial charge in [0.25, 0.3) is 0 Å². The largest absolute Gasteiger partial charge is 0.295 e. The number of unbranched alkanes of at least 4 members (excludes halogenated alkanes) is 2. The second-order valence-electron chi connectivity index (χ2n) is 6.26. The minimum absolute atomic E-state index is 0.101. The van der Waals surface area contributed by atoms with Crippen LogP contribution in [0, 0.1) is 5.82 Å². The number of nitrogens with zero attached hydrogens (tertiary/aromatic N) is 1. The number of carbonyl (C=O) groups excluding carboxylic acids is 1. The Bertz CT molecular complexity index is 848. The number of halogens is 1. The number of hydrogen-bond acceptors (Lipinski definition) is 3. The molecule has 0 N–H and O–H groups in total. The van der Waals surface area contributed by atoms with Crippen molar-refractivity contribution in [3.05, 3.63) is 65.5 Å². The number of hydrogen-bond donors (Lipinski definition) is 0. The first-order chi connectivity index (χ1) is 12.3. The number of ketones is 1. The Hall–Kier alpha value is -2.05. The molecule has 0 heterocycles. The fourth-order valence-electron chi connectivity index (χ4n) is 2.64. The van der Waals surface area contributed by atoms with Crippen LogP contribution in [0.2, 0.25) is 0 Å². The zero-order chi connectivity index (χ0) is 19.2. The summed E-state index contributed by atoms with van der Waals surface area (Å²) < 4.78 is 40.8. The number of benzene rings is 2. The first-order valence-electron chi connectivity index (χ1n) is 8.70. The highest BCUT2D eigenvalue weighted by Gasteiger charge is 2.25. The van der Waals surface area contributed by atoms with E-state index >= 15 is 0 Å². The van der Waals surface area contributed by atoms with Crippen LogP contribution in [0.3, 0.4) is 0 Å². The molecule has 26 heavy (non-hydrogen) atoms. The normalized spacial score (nSPS) is 11.7. The summed E-state index contributed by atoms with van der Waals surface area (Å²) in [6.07, 6.45) is 2.64. The van der Waals surface area contributed by atoms with E-state index in [1.165, 1.54) is 35.5 Å². The van der Waals surface area contributed by atoms with Crippen LogP contribution in [0.5, 0.6) is 0 Å². The van der Waals surface area contributed by atoms with E-state index in [4.69, 9.17) is 0 Å². The molecular weight excluding hydrogens is 353 g/mol. The van der Waals surface area contributed by atoms with Gasteiger partial charge in [-0.3, -0.25) is 4.79 Å². The lowest BCUT2D eigenvalue weighted by atomic mass is 10.2. The SMILES string of the molecule is CCCCCN(Cc1ccc(F)cc1)S(=O)(=O)c1cccc(C(C)=O)c1. The van der Waals surface area contributed by atoms with Crippen LogP contribution in [-0.2, 0) is 16.6 Å². The quantitative estimate of drug-likeness (QED) is 0.480. The summed E-state index contributed by atoms with van der Waals surface area (Å²) in [5, 5.41) is 0. The first kappa shape index (κ1) is 20.3. The number of carbonyl (C=O) groups is 1. The molecule has 4 nitrogen and oxygen atoms in total. The third-order valence-electron chi connectivity index (χ3n) is 4.16. The van der Waals surface area contributed by atoms with Gasteiger partial charge in [0.1, 0.15) is 5.82 Å². The van der Waals surface area contributed by atoms with Gasteiger partial charge < -0.3 is 0 Å². The Labute approximate surface area is 154 Å². The second-order valence-corrected chi connectivity index (χ2v) is 8.19. The van der Waals surface area contributed by atoms with E-state index in [-0.39, 0.29) is 23.0 Å². The van der Waals surface area contributed by atoms with Crippen LogP contribution in [0.4, 0.5) is 4.39 Å². The molecule has 140 valence electrons. The maximum Gasteiger partial charge on any atom is 0.243 e. The Kier molecular flexibility index (Phi) is 7.06. The van der Waals surface area contributed by atoms with Crippen molar-refractivity contribution in [3.63, 3.8) is 0 Å². The lowest BCUT2D eigenvalue weighted by Gasteiger charge is -2.22. The summed E-state index contributed by atoms with van der Waals surface area (Å²) in [4.78, 5) is 11.7. The van der Waals surface area contributed by atoms with Crippen LogP contribution < -0.4 is 0 Å². The zero-order valence-corrected chi connectivity index (χ0v) is 15.9. The van der Waals surface area contributed by atoms with Crippen molar-refractivity contribution < 1.29 is 17.6 Å². The Morgan fingerprint density at radius 1 is 1.08 bits per heavy atom. The molecule has 0 aliphatic rings. The van der Waals surface area contributed by atoms with E-state index in [0.717, 1.165) is 19.3 Å². The van der Waals surface area contributed by atoms with E-state index in [1.54, 1.807) is 24.3 Å². The third-order valence-corrected chi connectivity index (χ3v) is 6.00. The molecule has 0 aromatic heterocycles. The van der Waals surface area contributed by atoms with Crippen LogP contribution in [0.1, 0.15) is 49.0 Å². The van der Waals surface area contributed by atoms with Gasteiger partial charge in [-0.05, 0) is 43.2 Å². The Morgan fingerprint density at radius 2 is 1.77 bits per heavy atom. The molecule has 0 aliphatic heterocycles. The molecule has 0 unspecified atom stereocenters. The predicted octanol–water partition coefficient (Wildman–Crippen LogP) is 4.41. The van der Waals surface area contributed by atoms with E-state index < -0.39 is 10.0 Å². The molecule has 6 heteroatoms. The van der Waals surface area contributed by atoms with Crippen molar-refractivity contribution in [2.75, 3.05) is 6.54 Å². The Morgan fingerprint density at radius 3 is 2.38 bits per heavy atom. The van der Waals surface area contributed by atoms with E-state index in [9.17, 15) is 17.6 Å². The maximum atomic E-state index is 13.1. The van der Waals surface area contributed by atoms with Crippen LogP contribution in [-0.4, -0.2) is 25.1 Å². The van der Waals surface area contributed by atoms with Crippen molar-refractivity contribution in [2.24, 2.45) is 0 Å². The highest BCUT2D eigenvalue weighted by molar-refractivity contribution is 7.89. The van der Waals surface area contributed by atoms with E-state index in [2.05, 4.69) is 6.92 Å². The van der Waals surface area contributed by atoms with Crippen LogP contribution in [0.15, 0.2) is 53.4 Å². The van der Waals surface area contributed by atoms with E-state index in [0.29, 0.717) is 17.7 Å². The van der Waals surface area contributed by atoms with Gasteiger partial charge in [0, 0.05) is 18.7 Å². The van der Waals surface area contributed by atoms with Gasteiger partial charge in [-0.2, -0.15) is 4.31 Å². The van der Waals surface area contributed by atoms with Crippen LogP contribution >= 0.6 is 0 Å². The number of sulfonamides is 1. The van der Waals surface area contributed by atoms with Crippen LogP contribution in [0.25, 0.3) is 0 Å². The summed E-state index contributed by atoms with van der Waals surface area (Å²) in [5.41, 5.74) is 1.08. The zero-order valence-electron chi connectivity index (χ0n) is 15.1. The molecule has 2 aromatic carbocycles. The van der Waals surface area contributed by atoms with Gasteiger partial charge in [-0.15, -0.1) is 0 Å². The molecule has 0 saturated heterocycles. The smallest absolute Gasteiger partial charge is 0.243 e. The van der Waals surface area contributed by atoms with Gasteiger partial charge in [0.05, 0.1) is 4.90 Å². The lowest BCUT2D eigenvalue weighted by Crippen LogP contribution is -2.31. The van der Waals surface area contributed by atoms with Crippen molar-refractivity contribution >= 4 is 15.8 Å². The average Bonchev–Trinajstić information content (AvgIpc) is 2.62. The molecule has 0 saturated carbocycles. The third kappa shape index (κ3) is 5.22. The Balaban J connectivity index is 2.33. The maximum absolute atomic E-state index is 13.1. The summed E-state index contributed by atoms with van der Waals surface area (Å²) in [6.45, 7) is 3.99. The fraction of sp³-hybridized carbons (Fsp3) is 0.350. The summed E-state index contributed by atoms with van der Waals surface area (Å²) in [5.74, 6) is -0.540. The average molecular weight is 377 g/mol.